The Morgan fingerprint density at radius 1 is 1.52 bits per heavy atom. The molecular weight excluding hydrogens is 371 g/mol. The molecule has 2 atom stereocenters. The van der Waals surface area contributed by atoms with E-state index >= 15 is 0 Å². The van der Waals surface area contributed by atoms with Gasteiger partial charge in [-0.3, -0.25) is 9.69 Å². The molecule has 0 radical (unpaired) electrons. The molecule has 10 heteroatoms. The topological polar surface area (TPSA) is 84.7 Å². The summed E-state index contributed by atoms with van der Waals surface area (Å²) < 4.78 is 21.8. The number of amides is 1. The van der Waals surface area contributed by atoms with E-state index in [1.54, 1.807) is 4.52 Å². The number of nitrogens with zero attached hydrogens (tertiary/aromatic N) is 5. The van der Waals surface area contributed by atoms with Crippen molar-refractivity contribution in [2.45, 2.75) is 39.0 Å². The summed E-state index contributed by atoms with van der Waals surface area (Å²) >= 11 is 1.17. The van der Waals surface area contributed by atoms with Gasteiger partial charge in [-0.05, 0) is 13.0 Å². The van der Waals surface area contributed by atoms with Gasteiger partial charge in [-0.2, -0.15) is 14.5 Å². The lowest BCUT2D eigenvalue weighted by Crippen LogP contribution is -2.28. The number of rotatable bonds is 5. The molecule has 4 rings (SSSR count). The largest absolute Gasteiger partial charge is 0.489 e. The van der Waals surface area contributed by atoms with E-state index in [0.29, 0.717) is 18.0 Å². The van der Waals surface area contributed by atoms with Crippen molar-refractivity contribution < 1.29 is 13.9 Å². The van der Waals surface area contributed by atoms with Crippen LogP contribution in [-0.2, 0) is 11.3 Å². The second kappa shape index (κ2) is 7.20. The number of hydrogen-bond acceptors (Lipinski definition) is 7. The number of nitrogens with one attached hydrogen (secondary N) is 1. The minimum absolute atomic E-state index is 0.0103. The van der Waals surface area contributed by atoms with Crippen molar-refractivity contribution in [2.75, 3.05) is 11.9 Å². The lowest BCUT2D eigenvalue weighted by Gasteiger charge is -2.19. The van der Waals surface area contributed by atoms with Crippen LogP contribution >= 0.6 is 11.3 Å². The highest BCUT2D eigenvalue weighted by Crippen LogP contribution is 2.29. The lowest BCUT2D eigenvalue weighted by atomic mass is 10.2. The number of anilines is 1. The van der Waals surface area contributed by atoms with Gasteiger partial charge in [0.2, 0.25) is 11.9 Å². The molecule has 0 spiro atoms. The van der Waals surface area contributed by atoms with Gasteiger partial charge in [0.05, 0.1) is 4.88 Å². The van der Waals surface area contributed by atoms with E-state index < -0.39 is 5.95 Å². The average molecular weight is 390 g/mol. The number of ether oxygens (including phenoxy) is 1. The number of hydrogen-bond donors (Lipinski definition) is 1. The first-order valence-corrected chi connectivity index (χ1v) is 9.42. The van der Waals surface area contributed by atoms with E-state index in [1.807, 2.05) is 18.3 Å². The van der Waals surface area contributed by atoms with Crippen LogP contribution in [0, 0.1) is 5.95 Å². The number of fused-ring (bicyclic) bond motifs is 1. The quantitative estimate of drug-likeness (QED) is 0.720. The molecule has 1 fully saturated rings. The zero-order valence-electron chi connectivity index (χ0n) is 14.9. The summed E-state index contributed by atoms with van der Waals surface area (Å²) in [6, 6.07) is 3.96. The molecule has 1 aliphatic rings. The Labute approximate surface area is 159 Å². The van der Waals surface area contributed by atoms with Crippen molar-refractivity contribution >= 4 is 28.0 Å². The smallest absolute Gasteiger partial charge is 0.230 e. The number of carbonyl (C=O) groups excluding carboxylic acids is 1. The number of thiazole rings is 1. The Morgan fingerprint density at radius 2 is 2.37 bits per heavy atom. The van der Waals surface area contributed by atoms with E-state index in [4.69, 9.17) is 4.74 Å². The lowest BCUT2D eigenvalue weighted by molar-refractivity contribution is -0.114. The summed E-state index contributed by atoms with van der Waals surface area (Å²) in [5.74, 6) is -0.0491. The molecule has 1 N–H and O–H groups in total. The highest BCUT2D eigenvalue weighted by Gasteiger charge is 2.31. The maximum absolute atomic E-state index is 14.1. The summed E-state index contributed by atoms with van der Waals surface area (Å²) in [7, 11) is 0. The van der Waals surface area contributed by atoms with Crippen LogP contribution in [-0.4, -0.2) is 49.1 Å². The number of likely N-dealkylation sites (tertiary alicyclic amines) is 1. The highest BCUT2D eigenvalue weighted by atomic mass is 32.1. The predicted molar refractivity (Wildman–Crippen MR) is 98.3 cm³/mol. The van der Waals surface area contributed by atoms with Gasteiger partial charge in [0.15, 0.2) is 10.8 Å². The molecular formula is C17H19FN6O2S. The van der Waals surface area contributed by atoms with Gasteiger partial charge in [-0.15, -0.1) is 0 Å². The molecule has 3 aromatic rings. The Balaban J connectivity index is 1.40. The summed E-state index contributed by atoms with van der Waals surface area (Å²) in [6.07, 6.45) is 4.16. The number of pyridine rings is 1. The first-order chi connectivity index (χ1) is 13.0. The van der Waals surface area contributed by atoms with E-state index in [0.717, 1.165) is 17.8 Å². The van der Waals surface area contributed by atoms with Gasteiger partial charge in [-0.1, -0.05) is 11.3 Å². The van der Waals surface area contributed by atoms with Gasteiger partial charge in [-0.25, -0.2) is 9.50 Å². The molecule has 27 heavy (non-hydrogen) atoms. The van der Waals surface area contributed by atoms with Crippen LogP contribution in [0.25, 0.3) is 5.65 Å². The maximum Gasteiger partial charge on any atom is 0.230 e. The third-order valence-electron chi connectivity index (χ3n) is 4.50. The SMILES string of the molecule is CC(=O)Nc1nc(F)c(CN2CC(Oc3ccn4ncnc4c3)CC2C)s1. The number of carbonyl (C=O) groups is 1. The van der Waals surface area contributed by atoms with E-state index in [9.17, 15) is 9.18 Å². The third kappa shape index (κ3) is 3.91. The molecule has 0 aliphatic carbocycles. The fraction of sp³-hybridized carbons (Fsp3) is 0.412. The molecule has 8 nitrogen and oxygen atoms in total. The Bertz CT molecular complexity index is 973. The van der Waals surface area contributed by atoms with Crippen molar-refractivity contribution in [2.24, 2.45) is 0 Å². The highest BCUT2D eigenvalue weighted by molar-refractivity contribution is 7.15. The minimum atomic E-state index is -0.530. The van der Waals surface area contributed by atoms with Gasteiger partial charge in [0, 0.05) is 44.7 Å². The standard InChI is InChI=1S/C17H19FN6O2S/c1-10-5-13(26-12-3-4-24-15(6-12)19-9-20-24)7-23(10)8-14-16(18)22-17(27-14)21-11(2)25/h3-4,6,9-10,13H,5,7-8H2,1-2H3,(H,21,22,25). The summed E-state index contributed by atoms with van der Waals surface area (Å²) in [5, 5.41) is 6.88. The van der Waals surface area contributed by atoms with Gasteiger partial charge >= 0.3 is 0 Å². The second-order valence-corrected chi connectivity index (χ2v) is 7.68. The Morgan fingerprint density at radius 3 is 3.19 bits per heavy atom. The molecule has 3 aromatic heterocycles. The van der Waals surface area contributed by atoms with Crippen LogP contribution in [0.4, 0.5) is 9.52 Å². The van der Waals surface area contributed by atoms with Crippen LogP contribution in [0.2, 0.25) is 0 Å². The zero-order valence-corrected chi connectivity index (χ0v) is 15.7. The van der Waals surface area contributed by atoms with Crippen LogP contribution < -0.4 is 10.1 Å². The van der Waals surface area contributed by atoms with Gasteiger partial charge in [0.1, 0.15) is 18.2 Å². The number of halogens is 1. The fourth-order valence-corrected chi connectivity index (χ4v) is 4.15. The zero-order chi connectivity index (χ0) is 19.0. The first kappa shape index (κ1) is 17.8. The third-order valence-corrected chi connectivity index (χ3v) is 5.43. The second-order valence-electron chi connectivity index (χ2n) is 6.59. The fourth-order valence-electron chi connectivity index (χ4n) is 3.23. The van der Waals surface area contributed by atoms with Crippen LogP contribution in [0.3, 0.4) is 0 Å². The Hall–Kier alpha value is -2.59. The summed E-state index contributed by atoms with van der Waals surface area (Å²) in [4.78, 5) is 21.7. The monoisotopic (exact) mass is 390 g/mol. The average Bonchev–Trinajstić information content (AvgIpc) is 3.28. The molecule has 1 saturated heterocycles. The van der Waals surface area contributed by atoms with E-state index in [1.165, 1.54) is 24.6 Å². The summed E-state index contributed by atoms with van der Waals surface area (Å²) in [6.45, 7) is 4.60. The molecule has 1 amide bonds. The van der Waals surface area contributed by atoms with Crippen molar-refractivity contribution in [3.63, 3.8) is 0 Å². The number of aromatic nitrogens is 4. The van der Waals surface area contributed by atoms with Crippen LogP contribution in [0.5, 0.6) is 5.75 Å². The first-order valence-electron chi connectivity index (χ1n) is 8.61. The molecule has 1 aliphatic heterocycles. The van der Waals surface area contributed by atoms with Crippen molar-refractivity contribution in [1.82, 2.24) is 24.5 Å². The van der Waals surface area contributed by atoms with E-state index in [-0.39, 0.29) is 23.2 Å². The van der Waals surface area contributed by atoms with Crippen molar-refractivity contribution in [3.8, 4) is 5.75 Å². The van der Waals surface area contributed by atoms with Gasteiger partial charge in [0.25, 0.3) is 0 Å². The Kier molecular flexibility index (Phi) is 4.75. The van der Waals surface area contributed by atoms with Crippen molar-refractivity contribution in [1.29, 1.82) is 0 Å². The minimum Gasteiger partial charge on any atom is -0.489 e. The summed E-state index contributed by atoms with van der Waals surface area (Å²) in [5.41, 5.74) is 0.729. The molecule has 142 valence electrons. The predicted octanol–water partition coefficient (Wildman–Crippen LogP) is 2.33. The molecule has 0 aromatic carbocycles. The normalized spacial score (nSPS) is 20.3. The van der Waals surface area contributed by atoms with Crippen LogP contribution in [0.15, 0.2) is 24.7 Å². The maximum atomic E-state index is 14.1. The van der Waals surface area contributed by atoms with E-state index in [2.05, 4.69) is 32.2 Å². The molecule has 2 unspecified atom stereocenters. The molecule has 0 saturated carbocycles. The molecule has 0 bridgehead atoms. The van der Waals surface area contributed by atoms with Crippen LogP contribution in [0.1, 0.15) is 25.1 Å². The van der Waals surface area contributed by atoms with Crippen molar-refractivity contribution in [3.05, 3.63) is 35.5 Å². The van der Waals surface area contributed by atoms with Gasteiger partial charge < -0.3 is 10.1 Å². The molecule has 4 heterocycles.